The first-order valence-electron chi connectivity index (χ1n) is 16.0. The average molecular weight is 678 g/mol. The van der Waals surface area contributed by atoms with Crippen LogP contribution in [0.2, 0.25) is 0 Å². The second kappa shape index (κ2) is 14.4. The lowest BCUT2D eigenvalue weighted by atomic mass is 9.92. The average Bonchev–Trinajstić information content (AvgIpc) is 3.63. The van der Waals surface area contributed by atoms with Crippen molar-refractivity contribution < 1.29 is 56.8 Å². The Bertz CT molecular complexity index is 1350. The first kappa shape index (κ1) is 38.7. The lowest BCUT2D eigenvalue weighted by Crippen LogP contribution is -2.67. The molecule has 1 saturated heterocycles. The summed E-state index contributed by atoms with van der Waals surface area (Å²) in [6, 6.07) is 2.42. The molecule has 3 heterocycles. The van der Waals surface area contributed by atoms with E-state index >= 15 is 0 Å². The molecule has 2 aliphatic heterocycles. The third-order valence-corrected chi connectivity index (χ3v) is 7.39. The molecule has 0 bridgehead atoms. The van der Waals surface area contributed by atoms with E-state index in [4.69, 9.17) is 32.8 Å². The molecule has 2 aliphatic rings. The molecule has 0 radical (unpaired) electrons. The van der Waals surface area contributed by atoms with E-state index in [2.05, 4.69) is 5.32 Å². The third kappa shape index (κ3) is 9.91. The SMILES string of the molecule is CC(C)(C)C(=O)OC[C@H]1O[C@@H](N[C@H](c2ccco2)[C@@H]2C=CC(=O)O2)[C@H](OC(=O)C(C)(C)C)[C@@H](OC(=O)C(C)(C)C)[C@H]1OC(=O)C(C)(C)C. The van der Waals surface area contributed by atoms with E-state index in [1.165, 1.54) is 18.4 Å². The number of esters is 5. The van der Waals surface area contributed by atoms with Crippen LogP contribution in [0.3, 0.4) is 0 Å². The molecule has 3 rings (SSSR count). The van der Waals surface area contributed by atoms with Crippen LogP contribution < -0.4 is 5.32 Å². The lowest BCUT2D eigenvalue weighted by molar-refractivity contribution is -0.266. The molecule has 1 fully saturated rings. The monoisotopic (exact) mass is 677 g/mol. The zero-order valence-corrected chi connectivity index (χ0v) is 30.0. The number of carbonyl (C=O) groups excluding carboxylic acids is 5. The summed E-state index contributed by atoms with van der Waals surface area (Å²) in [5.41, 5.74) is -3.91. The van der Waals surface area contributed by atoms with Crippen molar-refractivity contribution in [2.45, 2.75) is 126 Å². The number of hydrogen-bond donors (Lipinski definition) is 1. The lowest BCUT2D eigenvalue weighted by Gasteiger charge is -2.47. The van der Waals surface area contributed by atoms with E-state index < -0.39 is 101 Å². The highest BCUT2D eigenvalue weighted by molar-refractivity contribution is 5.84. The summed E-state index contributed by atoms with van der Waals surface area (Å²) in [4.78, 5) is 65.4. The molecule has 7 atom stereocenters. The number of nitrogens with one attached hydrogen (secondary N) is 1. The van der Waals surface area contributed by atoms with Crippen molar-refractivity contribution in [1.82, 2.24) is 5.32 Å². The second-order valence-electron chi connectivity index (χ2n) is 16.2. The third-order valence-electron chi connectivity index (χ3n) is 7.39. The standard InChI is InChI=1S/C35H51NO12/c1-32(2,3)28(38)43-18-21-24(46-29(39)33(4,5)6)25(47-30(40)34(7,8)9)26(48-31(41)35(10,11)12)27(45-21)36-23(19-14-13-17-42-19)20-15-16-22(37)44-20/h13-17,20-21,23-27,36H,18H2,1-12H3/t20-,21+,23+,24-,25-,26+,27+/m0/s1. The predicted molar refractivity (Wildman–Crippen MR) is 171 cm³/mol. The zero-order chi connectivity index (χ0) is 36.4. The summed E-state index contributed by atoms with van der Waals surface area (Å²) < 4.78 is 41.4. The molecule has 1 aromatic heterocycles. The number of furan rings is 1. The smallest absolute Gasteiger partial charge is 0.331 e. The van der Waals surface area contributed by atoms with Gasteiger partial charge in [-0.15, -0.1) is 0 Å². The molecular formula is C35H51NO12. The van der Waals surface area contributed by atoms with Gasteiger partial charge >= 0.3 is 29.8 Å². The Morgan fingerprint density at radius 2 is 1.25 bits per heavy atom. The molecule has 0 aromatic carbocycles. The summed E-state index contributed by atoms with van der Waals surface area (Å²) in [5.74, 6) is -2.79. The van der Waals surface area contributed by atoms with Gasteiger partial charge < -0.3 is 32.8 Å². The van der Waals surface area contributed by atoms with Gasteiger partial charge in [-0.1, -0.05) is 0 Å². The summed E-state index contributed by atoms with van der Waals surface area (Å²) >= 11 is 0. The molecule has 0 aliphatic carbocycles. The Kier molecular flexibility index (Phi) is 11.6. The number of ether oxygens (including phenoxy) is 6. The quantitative estimate of drug-likeness (QED) is 0.285. The van der Waals surface area contributed by atoms with E-state index in [0.717, 1.165) is 0 Å². The maximum Gasteiger partial charge on any atom is 0.331 e. The maximum atomic E-state index is 13.5. The molecule has 13 heteroatoms. The Morgan fingerprint density at radius 3 is 1.69 bits per heavy atom. The maximum absolute atomic E-state index is 13.5. The van der Waals surface area contributed by atoms with E-state index in [9.17, 15) is 24.0 Å². The largest absolute Gasteiger partial charge is 0.468 e. The molecule has 268 valence electrons. The van der Waals surface area contributed by atoms with Crippen LogP contribution in [0, 0.1) is 21.7 Å². The molecule has 0 spiro atoms. The summed E-state index contributed by atoms with van der Waals surface area (Å²) in [7, 11) is 0. The Morgan fingerprint density at radius 1 is 0.750 bits per heavy atom. The minimum Gasteiger partial charge on any atom is -0.468 e. The van der Waals surface area contributed by atoms with Crippen molar-refractivity contribution in [3.63, 3.8) is 0 Å². The Hall–Kier alpha value is -3.71. The number of carbonyl (C=O) groups is 5. The second-order valence-corrected chi connectivity index (χ2v) is 16.2. The van der Waals surface area contributed by atoms with E-state index in [-0.39, 0.29) is 0 Å². The first-order valence-corrected chi connectivity index (χ1v) is 16.0. The minimum absolute atomic E-state index is 0.351. The predicted octanol–water partition coefficient (Wildman–Crippen LogP) is 4.58. The van der Waals surface area contributed by atoms with Gasteiger partial charge in [-0.25, -0.2) is 4.79 Å². The van der Waals surface area contributed by atoms with Gasteiger partial charge in [0.25, 0.3) is 0 Å². The summed E-state index contributed by atoms with van der Waals surface area (Å²) in [5, 5.41) is 3.23. The normalized spacial score (nSPS) is 25.5. The molecule has 1 aromatic rings. The fourth-order valence-corrected chi connectivity index (χ4v) is 4.41. The van der Waals surface area contributed by atoms with Gasteiger partial charge in [0.05, 0.1) is 27.9 Å². The molecule has 0 saturated carbocycles. The zero-order valence-electron chi connectivity index (χ0n) is 30.0. The van der Waals surface area contributed by atoms with Gasteiger partial charge in [0.1, 0.15) is 30.6 Å². The van der Waals surface area contributed by atoms with Crippen molar-refractivity contribution in [2.75, 3.05) is 6.61 Å². The van der Waals surface area contributed by atoms with Crippen LogP contribution >= 0.6 is 0 Å². The highest BCUT2D eigenvalue weighted by Crippen LogP contribution is 2.35. The van der Waals surface area contributed by atoms with Gasteiger partial charge in [-0.3, -0.25) is 24.5 Å². The van der Waals surface area contributed by atoms with Crippen molar-refractivity contribution in [3.8, 4) is 0 Å². The van der Waals surface area contributed by atoms with Crippen molar-refractivity contribution in [2.24, 2.45) is 21.7 Å². The summed E-state index contributed by atoms with van der Waals surface area (Å²) in [6.07, 6.45) is -3.41. The molecule has 1 N–H and O–H groups in total. The van der Waals surface area contributed by atoms with Crippen LogP contribution in [0.4, 0.5) is 0 Å². The number of cyclic esters (lactones) is 1. The summed E-state index contributed by atoms with van der Waals surface area (Å²) in [6.45, 7) is 19.5. The van der Waals surface area contributed by atoms with Crippen LogP contribution in [-0.4, -0.2) is 73.2 Å². The number of hydrogen-bond acceptors (Lipinski definition) is 13. The molecule has 0 amide bonds. The van der Waals surface area contributed by atoms with Gasteiger partial charge in [0, 0.05) is 6.08 Å². The Labute approximate surface area is 282 Å². The topological polar surface area (TPSA) is 166 Å². The minimum atomic E-state index is -1.45. The molecule has 0 unspecified atom stereocenters. The molecular weight excluding hydrogens is 626 g/mol. The van der Waals surface area contributed by atoms with E-state index in [1.807, 2.05) is 0 Å². The van der Waals surface area contributed by atoms with Crippen LogP contribution in [0.25, 0.3) is 0 Å². The van der Waals surface area contributed by atoms with E-state index in [1.54, 1.807) is 95.2 Å². The van der Waals surface area contributed by atoms with Crippen LogP contribution in [-0.2, 0) is 52.4 Å². The fraction of sp³-hybridized carbons (Fsp3) is 0.686. The van der Waals surface area contributed by atoms with Crippen molar-refractivity contribution >= 4 is 29.8 Å². The highest BCUT2D eigenvalue weighted by atomic mass is 16.7. The Balaban J connectivity index is 2.19. The van der Waals surface area contributed by atoms with Gasteiger partial charge in [0.15, 0.2) is 24.5 Å². The van der Waals surface area contributed by atoms with Gasteiger partial charge in [-0.2, -0.15) is 0 Å². The van der Waals surface area contributed by atoms with Gasteiger partial charge in [-0.05, 0) is 101 Å². The fourth-order valence-electron chi connectivity index (χ4n) is 4.41. The van der Waals surface area contributed by atoms with Crippen molar-refractivity contribution in [1.29, 1.82) is 0 Å². The van der Waals surface area contributed by atoms with Crippen LogP contribution in [0.5, 0.6) is 0 Å². The van der Waals surface area contributed by atoms with Crippen LogP contribution in [0.15, 0.2) is 35.0 Å². The highest BCUT2D eigenvalue weighted by Gasteiger charge is 2.55. The van der Waals surface area contributed by atoms with E-state index in [0.29, 0.717) is 5.76 Å². The van der Waals surface area contributed by atoms with Crippen molar-refractivity contribution in [3.05, 3.63) is 36.3 Å². The molecule has 13 nitrogen and oxygen atoms in total. The van der Waals surface area contributed by atoms with Gasteiger partial charge in [0.2, 0.25) is 0 Å². The van der Waals surface area contributed by atoms with Crippen LogP contribution in [0.1, 0.15) is 94.9 Å². The first-order chi connectivity index (χ1) is 21.9. The number of rotatable bonds is 9. The molecule has 48 heavy (non-hydrogen) atoms.